The monoisotopic (exact) mass is 218 g/mol. The van der Waals surface area contributed by atoms with Gasteiger partial charge in [-0.25, -0.2) is 0 Å². The first-order valence-corrected chi connectivity index (χ1v) is 4.85. The van der Waals surface area contributed by atoms with Crippen molar-refractivity contribution in [1.29, 1.82) is 5.26 Å². The summed E-state index contributed by atoms with van der Waals surface area (Å²) in [5.74, 6) is 0.358. The van der Waals surface area contributed by atoms with Crippen molar-refractivity contribution in [2.45, 2.75) is 0 Å². The van der Waals surface area contributed by atoms with E-state index in [0.717, 1.165) is 0 Å². The Labute approximate surface area is 94.8 Å². The number of nitrogens with zero attached hydrogens (tertiary/aromatic N) is 1. The van der Waals surface area contributed by atoms with E-state index in [0.29, 0.717) is 23.4 Å². The van der Waals surface area contributed by atoms with E-state index < -0.39 is 0 Å². The number of ether oxygens (including phenoxy) is 1. The summed E-state index contributed by atoms with van der Waals surface area (Å²) in [7, 11) is 3.29. The van der Waals surface area contributed by atoms with Crippen molar-refractivity contribution in [3.8, 4) is 17.6 Å². The van der Waals surface area contributed by atoms with Gasteiger partial charge in [0.2, 0.25) is 0 Å². The summed E-state index contributed by atoms with van der Waals surface area (Å²) in [6, 6.07) is 5.14. The maximum absolute atomic E-state index is 9.80. The predicted octanol–water partition coefficient (Wildman–Crippen LogP) is 1.51. The van der Waals surface area contributed by atoms with Crippen molar-refractivity contribution < 1.29 is 9.84 Å². The maximum Gasteiger partial charge on any atom is 0.165 e. The molecule has 0 atom stereocenters. The van der Waals surface area contributed by atoms with Crippen LogP contribution in [-0.4, -0.2) is 25.8 Å². The Kier molecular flexibility index (Phi) is 4.37. The number of methoxy groups -OCH3 is 1. The van der Waals surface area contributed by atoms with Crippen LogP contribution in [0.3, 0.4) is 0 Å². The minimum atomic E-state index is 0.0499. The van der Waals surface area contributed by atoms with Crippen LogP contribution in [0.2, 0.25) is 0 Å². The molecule has 0 saturated carbocycles. The lowest BCUT2D eigenvalue weighted by molar-refractivity contribution is 0.373. The average Bonchev–Trinajstić information content (AvgIpc) is 2.31. The summed E-state index contributed by atoms with van der Waals surface area (Å²) in [5.41, 5.74) is 1.03. The summed E-state index contributed by atoms with van der Waals surface area (Å²) in [6.07, 6.45) is 3.60. The zero-order valence-corrected chi connectivity index (χ0v) is 9.32. The molecule has 1 rings (SSSR count). The molecule has 0 aliphatic rings. The predicted molar refractivity (Wildman–Crippen MR) is 62.3 cm³/mol. The van der Waals surface area contributed by atoms with Gasteiger partial charge in [-0.3, -0.25) is 0 Å². The van der Waals surface area contributed by atoms with Gasteiger partial charge >= 0.3 is 0 Å². The number of benzene rings is 1. The number of aromatic hydroxyl groups is 1. The number of hydrogen-bond donors (Lipinski definition) is 2. The number of hydrogen-bond acceptors (Lipinski definition) is 4. The van der Waals surface area contributed by atoms with Crippen molar-refractivity contribution in [2.24, 2.45) is 0 Å². The molecule has 0 radical (unpaired) electrons. The topological polar surface area (TPSA) is 65.3 Å². The zero-order valence-electron chi connectivity index (χ0n) is 9.32. The zero-order chi connectivity index (χ0) is 12.0. The van der Waals surface area contributed by atoms with Gasteiger partial charge in [0.25, 0.3) is 0 Å². The first-order valence-electron chi connectivity index (χ1n) is 4.85. The smallest absolute Gasteiger partial charge is 0.165 e. The molecule has 84 valence electrons. The Hall–Kier alpha value is -1.99. The fourth-order valence-corrected chi connectivity index (χ4v) is 1.28. The van der Waals surface area contributed by atoms with Crippen LogP contribution in [0, 0.1) is 11.3 Å². The highest BCUT2D eigenvalue weighted by Crippen LogP contribution is 2.32. The normalized spacial score (nSPS) is 10.3. The van der Waals surface area contributed by atoms with E-state index in [1.165, 1.54) is 13.2 Å². The average molecular weight is 218 g/mol. The lowest BCUT2D eigenvalue weighted by Gasteiger charge is -2.06. The first-order chi connectivity index (χ1) is 7.72. The van der Waals surface area contributed by atoms with Gasteiger partial charge in [-0.05, 0) is 13.1 Å². The number of phenols is 1. The highest BCUT2D eigenvalue weighted by atomic mass is 16.5. The molecule has 2 N–H and O–H groups in total. The minimum absolute atomic E-state index is 0.0499. The van der Waals surface area contributed by atoms with E-state index in [2.05, 4.69) is 5.32 Å². The van der Waals surface area contributed by atoms with Gasteiger partial charge in [-0.1, -0.05) is 12.2 Å². The molecule has 0 saturated heterocycles. The van der Waals surface area contributed by atoms with Crippen molar-refractivity contribution in [2.75, 3.05) is 20.7 Å². The molecule has 0 aliphatic heterocycles. The van der Waals surface area contributed by atoms with Crippen LogP contribution in [0.15, 0.2) is 18.2 Å². The second-order valence-corrected chi connectivity index (χ2v) is 3.19. The van der Waals surface area contributed by atoms with Crippen molar-refractivity contribution in [1.82, 2.24) is 5.32 Å². The summed E-state index contributed by atoms with van der Waals surface area (Å²) in [4.78, 5) is 0. The van der Waals surface area contributed by atoms with E-state index in [9.17, 15) is 5.11 Å². The molecule has 0 aliphatic carbocycles. The van der Waals surface area contributed by atoms with Crippen LogP contribution in [-0.2, 0) is 0 Å². The van der Waals surface area contributed by atoms with Crippen LogP contribution < -0.4 is 10.1 Å². The van der Waals surface area contributed by atoms with Crippen LogP contribution in [0.5, 0.6) is 11.5 Å². The molecular weight excluding hydrogens is 204 g/mol. The number of rotatable bonds is 4. The molecule has 4 nitrogen and oxygen atoms in total. The summed E-state index contributed by atoms with van der Waals surface area (Å²) < 4.78 is 4.98. The van der Waals surface area contributed by atoms with Crippen LogP contribution in [0.1, 0.15) is 11.1 Å². The third-order valence-corrected chi connectivity index (χ3v) is 2.07. The lowest BCUT2D eigenvalue weighted by atomic mass is 10.1. The molecule has 1 aromatic rings. The summed E-state index contributed by atoms with van der Waals surface area (Å²) >= 11 is 0. The fraction of sp³-hybridized carbons (Fsp3) is 0.250. The maximum atomic E-state index is 9.80. The van der Waals surface area contributed by atoms with Crippen LogP contribution in [0.25, 0.3) is 6.08 Å². The minimum Gasteiger partial charge on any atom is -0.504 e. The van der Waals surface area contributed by atoms with Crippen LogP contribution in [0.4, 0.5) is 0 Å². The van der Waals surface area contributed by atoms with Gasteiger partial charge in [0.05, 0.1) is 18.7 Å². The van der Waals surface area contributed by atoms with E-state index in [1.807, 2.05) is 19.2 Å². The molecular formula is C12H14N2O2. The van der Waals surface area contributed by atoms with Crippen LogP contribution >= 0.6 is 0 Å². The van der Waals surface area contributed by atoms with E-state index in [1.54, 1.807) is 12.1 Å². The van der Waals surface area contributed by atoms with Gasteiger partial charge in [0.15, 0.2) is 11.5 Å². The third kappa shape index (κ3) is 2.75. The van der Waals surface area contributed by atoms with Gasteiger partial charge < -0.3 is 15.2 Å². The van der Waals surface area contributed by atoms with Gasteiger partial charge in [0.1, 0.15) is 0 Å². The first kappa shape index (κ1) is 12.1. The van der Waals surface area contributed by atoms with Crippen molar-refractivity contribution >= 4 is 6.08 Å². The third-order valence-electron chi connectivity index (χ3n) is 2.07. The van der Waals surface area contributed by atoms with E-state index in [4.69, 9.17) is 10.00 Å². The fourth-order valence-electron chi connectivity index (χ4n) is 1.28. The Morgan fingerprint density at radius 1 is 1.56 bits per heavy atom. The van der Waals surface area contributed by atoms with Crippen molar-refractivity contribution in [3.05, 3.63) is 29.3 Å². The van der Waals surface area contributed by atoms with E-state index >= 15 is 0 Å². The lowest BCUT2D eigenvalue weighted by Crippen LogP contribution is -2.03. The molecule has 0 unspecified atom stereocenters. The highest BCUT2D eigenvalue weighted by molar-refractivity contribution is 5.64. The molecule has 16 heavy (non-hydrogen) atoms. The molecule has 0 heterocycles. The largest absolute Gasteiger partial charge is 0.504 e. The Morgan fingerprint density at radius 3 is 2.88 bits per heavy atom. The van der Waals surface area contributed by atoms with Crippen molar-refractivity contribution in [3.63, 3.8) is 0 Å². The number of likely N-dealkylation sites (N-methyl/N-ethyl adjacent to an activating group) is 1. The number of nitrogens with one attached hydrogen (secondary N) is 1. The Balaban J connectivity index is 3.12. The molecule has 0 aromatic heterocycles. The Bertz CT molecular complexity index is 433. The number of phenolic OH excluding ortho intramolecular Hbond substituents is 1. The molecule has 1 aromatic carbocycles. The summed E-state index contributed by atoms with van der Waals surface area (Å²) in [5, 5.41) is 21.6. The second kappa shape index (κ2) is 5.79. The SMILES string of the molecule is CNCC=Cc1cc(C#N)cc(OC)c1O. The van der Waals surface area contributed by atoms with Gasteiger partial charge in [-0.2, -0.15) is 5.26 Å². The molecule has 0 amide bonds. The Morgan fingerprint density at radius 2 is 2.31 bits per heavy atom. The standard InChI is InChI=1S/C12H14N2O2/c1-14-5-3-4-10-6-9(8-13)7-11(16-2)12(10)15/h3-4,6-7,14-15H,5H2,1-2H3. The second-order valence-electron chi connectivity index (χ2n) is 3.19. The van der Waals surface area contributed by atoms with Gasteiger partial charge in [0, 0.05) is 18.2 Å². The highest BCUT2D eigenvalue weighted by Gasteiger charge is 2.07. The van der Waals surface area contributed by atoms with E-state index in [-0.39, 0.29) is 5.75 Å². The molecule has 0 spiro atoms. The molecule has 0 fully saturated rings. The number of nitriles is 1. The molecule has 4 heteroatoms. The summed E-state index contributed by atoms with van der Waals surface area (Å²) in [6.45, 7) is 0.693. The van der Waals surface area contributed by atoms with Gasteiger partial charge in [-0.15, -0.1) is 0 Å². The molecule has 0 bridgehead atoms. The quantitative estimate of drug-likeness (QED) is 0.803.